The molecule has 5 heteroatoms. The molecule has 0 atom stereocenters. The van der Waals surface area contributed by atoms with Crippen LogP contribution in [0.4, 0.5) is 0 Å². The Labute approximate surface area is 89.8 Å². The Morgan fingerprint density at radius 2 is 2.13 bits per heavy atom. The Morgan fingerprint density at radius 3 is 2.67 bits per heavy atom. The number of rotatable bonds is 6. The van der Waals surface area contributed by atoms with Crippen molar-refractivity contribution in [3.63, 3.8) is 0 Å². The van der Waals surface area contributed by atoms with Crippen molar-refractivity contribution in [3.8, 4) is 0 Å². The van der Waals surface area contributed by atoms with Crippen LogP contribution in [0.25, 0.3) is 0 Å². The lowest BCUT2D eigenvalue weighted by Gasteiger charge is -2.16. The van der Waals surface area contributed by atoms with Crippen LogP contribution in [0.15, 0.2) is 0 Å². The summed E-state index contributed by atoms with van der Waals surface area (Å²) in [6.45, 7) is 1.12. The molecule has 0 aromatic heterocycles. The normalized spacial score (nSPS) is 14.8. The molecule has 1 aliphatic rings. The summed E-state index contributed by atoms with van der Waals surface area (Å²) in [5.74, 6) is 0.113. The van der Waals surface area contributed by atoms with Gasteiger partial charge in [-0.3, -0.25) is 9.59 Å². The lowest BCUT2D eigenvalue weighted by Crippen LogP contribution is -2.39. The lowest BCUT2D eigenvalue weighted by molar-refractivity contribution is -0.135. The minimum absolute atomic E-state index is 0.0805. The molecule has 5 nitrogen and oxygen atoms in total. The SMILES string of the molecule is COCCNC(=O)CN(C)C(=O)C1CC1. The molecule has 0 aromatic rings. The quantitative estimate of drug-likeness (QED) is 0.613. The summed E-state index contributed by atoms with van der Waals surface area (Å²) in [5, 5.41) is 2.67. The molecule has 1 aliphatic carbocycles. The predicted molar refractivity (Wildman–Crippen MR) is 55.2 cm³/mol. The van der Waals surface area contributed by atoms with Crippen molar-refractivity contribution in [1.82, 2.24) is 10.2 Å². The Balaban J connectivity index is 2.15. The van der Waals surface area contributed by atoms with Crippen molar-refractivity contribution in [2.45, 2.75) is 12.8 Å². The molecule has 0 heterocycles. The van der Waals surface area contributed by atoms with Gasteiger partial charge in [0, 0.05) is 26.6 Å². The van der Waals surface area contributed by atoms with Crippen LogP contribution in [0, 0.1) is 5.92 Å². The van der Waals surface area contributed by atoms with E-state index in [-0.39, 0.29) is 24.3 Å². The third-order valence-corrected chi connectivity index (χ3v) is 2.31. The second-order valence-electron chi connectivity index (χ2n) is 3.81. The van der Waals surface area contributed by atoms with Gasteiger partial charge in [-0.05, 0) is 12.8 Å². The van der Waals surface area contributed by atoms with Gasteiger partial charge in [-0.25, -0.2) is 0 Å². The van der Waals surface area contributed by atoms with E-state index in [0.717, 1.165) is 12.8 Å². The number of carbonyl (C=O) groups is 2. The van der Waals surface area contributed by atoms with Crippen LogP contribution in [-0.2, 0) is 14.3 Å². The summed E-state index contributed by atoms with van der Waals surface area (Å²) in [4.78, 5) is 24.3. The van der Waals surface area contributed by atoms with Crippen LogP contribution in [0.5, 0.6) is 0 Å². The van der Waals surface area contributed by atoms with Crippen molar-refractivity contribution >= 4 is 11.8 Å². The average molecular weight is 214 g/mol. The number of amides is 2. The largest absolute Gasteiger partial charge is 0.383 e. The molecule has 1 N–H and O–H groups in total. The fourth-order valence-electron chi connectivity index (χ4n) is 1.28. The maximum absolute atomic E-state index is 11.5. The second-order valence-corrected chi connectivity index (χ2v) is 3.81. The van der Waals surface area contributed by atoms with E-state index in [4.69, 9.17) is 4.74 Å². The zero-order valence-corrected chi connectivity index (χ0v) is 9.28. The van der Waals surface area contributed by atoms with Gasteiger partial charge in [-0.15, -0.1) is 0 Å². The zero-order chi connectivity index (χ0) is 11.3. The zero-order valence-electron chi connectivity index (χ0n) is 9.28. The van der Waals surface area contributed by atoms with E-state index in [1.807, 2.05) is 0 Å². The van der Waals surface area contributed by atoms with Gasteiger partial charge in [-0.2, -0.15) is 0 Å². The number of nitrogens with zero attached hydrogens (tertiary/aromatic N) is 1. The summed E-state index contributed by atoms with van der Waals surface area (Å²) in [7, 11) is 3.24. The molecule has 15 heavy (non-hydrogen) atoms. The highest BCUT2D eigenvalue weighted by atomic mass is 16.5. The number of hydrogen-bond donors (Lipinski definition) is 1. The number of hydrogen-bond acceptors (Lipinski definition) is 3. The second kappa shape index (κ2) is 5.70. The van der Waals surface area contributed by atoms with Crippen LogP contribution < -0.4 is 5.32 Å². The smallest absolute Gasteiger partial charge is 0.239 e. The molecule has 1 fully saturated rings. The predicted octanol–water partition coefficient (Wildman–Crippen LogP) is -0.383. The molecule has 1 rings (SSSR count). The van der Waals surface area contributed by atoms with Crippen molar-refractivity contribution in [3.05, 3.63) is 0 Å². The van der Waals surface area contributed by atoms with E-state index in [1.54, 1.807) is 14.2 Å². The van der Waals surface area contributed by atoms with Gasteiger partial charge in [0.1, 0.15) is 0 Å². The van der Waals surface area contributed by atoms with Crippen molar-refractivity contribution < 1.29 is 14.3 Å². The summed E-state index contributed by atoms with van der Waals surface area (Å²) >= 11 is 0. The summed E-state index contributed by atoms with van der Waals surface area (Å²) in [6.07, 6.45) is 1.93. The Hall–Kier alpha value is -1.10. The topological polar surface area (TPSA) is 58.6 Å². The Kier molecular flexibility index (Phi) is 4.55. The van der Waals surface area contributed by atoms with E-state index >= 15 is 0 Å². The van der Waals surface area contributed by atoms with Gasteiger partial charge in [0.2, 0.25) is 11.8 Å². The molecule has 0 saturated heterocycles. The number of likely N-dealkylation sites (N-methyl/N-ethyl adjacent to an activating group) is 1. The van der Waals surface area contributed by atoms with Gasteiger partial charge in [0.05, 0.1) is 13.2 Å². The van der Waals surface area contributed by atoms with E-state index in [2.05, 4.69) is 5.32 Å². The third-order valence-electron chi connectivity index (χ3n) is 2.31. The van der Waals surface area contributed by atoms with E-state index in [9.17, 15) is 9.59 Å². The fourth-order valence-corrected chi connectivity index (χ4v) is 1.28. The first-order chi connectivity index (χ1) is 7.15. The number of methoxy groups -OCH3 is 1. The third kappa shape index (κ3) is 4.29. The molecule has 2 amide bonds. The maximum atomic E-state index is 11.5. The Morgan fingerprint density at radius 1 is 1.47 bits per heavy atom. The van der Waals surface area contributed by atoms with Gasteiger partial charge < -0.3 is 15.0 Å². The first-order valence-electron chi connectivity index (χ1n) is 5.15. The van der Waals surface area contributed by atoms with Gasteiger partial charge in [0.25, 0.3) is 0 Å². The van der Waals surface area contributed by atoms with Crippen molar-refractivity contribution in [2.75, 3.05) is 33.9 Å². The van der Waals surface area contributed by atoms with Crippen LogP contribution in [-0.4, -0.2) is 50.6 Å². The van der Waals surface area contributed by atoms with Crippen molar-refractivity contribution in [2.24, 2.45) is 5.92 Å². The number of nitrogens with one attached hydrogen (secondary N) is 1. The molecular weight excluding hydrogens is 196 g/mol. The summed E-state index contributed by atoms with van der Waals surface area (Å²) in [6, 6.07) is 0. The first kappa shape index (κ1) is 12.0. The van der Waals surface area contributed by atoms with Gasteiger partial charge in [-0.1, -0.05) is 0 Å². The van der Waals surface area contributed by atoms with Crippen LogP contribution in [0.1, 0.15) is 12.8 Å². The first-order valence-corrected chi connectivity index (χ1v) is 5.15. The monoisotopic (exact) mass is 214 g/mol. The molecule has 86 valence electrons. The highest BCUT2D eigenvalue weighted by molar-refractivity contribution is 5.86. The van der Waals surface area contributed by atoms with Gasteiger partial charge >= 0.3 is 0 Å². The standard InChI is InChI=1S/C10H18N2O3/c1-12(10(14)8-3-4-8)7-9(13)11-5-6-15-2/h8H,3-7H2,1-2H3,(H,11,13). The Bertz CT molecular complexity index is 239. The fraction of sp³-hybridized carbons (Fsp3) is 0.800. The molecule has 1 saturated carbocycles. The highest BCUT2D eigenvalue weighted by Crippen LogP contribution is 2.30. The highest BCUT2D eigenvalue weighted by Gasteiger charge is 2.32. The van der Waals surface area contributed by atoms with Crippen LogP contribution >= 0.6 is 0 Å². The van der Waals surface area contributed by atoms with Crippen LogP contribution in [0.3, 0.4) is 0 Å². The summed E-state index contributed by atoms with van der Waals surface area (Å²) in [5.41, 5.74) is 0. The summed E-state index contributed by atoms with van der Waals surface area (Å²) < 4.78 is 4.80. The van der Waals surface area contributed by atoms with Crippen molar-refractivity contribution in [1.29, 1.82) is 0 Å². The number of carbonyl (C=O) groups excluding carboxylic acids is 2. The minimum atomic E-state index is -0.136. The van der Waals surface area contributed by atoms with Gasteiger partial charge in [0.15, 0.2) is 0 Å². The van der Waals surface area contributed by atoms with E-state index in [0.29, 0.717) is 13.2 Å². The van der Waals surface area contributed by atoms with E-state index in [1.165, 1.54) is 4.90 Å². The molecule has 0 radical (unpaired) electrons. The average Bonchev–Trinajstić information content (AvgIpc) is 3.00. The van der Waals surface area contributed by atoms with E-state index < -0.39 is 0 Å². The lowest BCUT2D eigenvalue weighted by atomic mass is 10.3. The number of ether oxygens (including phenoxy) is 1. The van der Waals surface area contributed by atoms with Crippen LogP contribution in [0.2, 0.25) is 0 Å². The molecule has 0 aliphatic heterocycles. The molecule has 0 unspecified atom stereocenters. The molecule has 0 bridgehead atoms. The maximum Gasteiger partial charge on any atom is 0.239 e. The molecule has 0 spiro atoms. The minimum Gasteiger partial charge on any atom is -0.383 e. The molecule has 0 aromatic carbocycles. The molecular formula is C10H18N2O3.